The molecule has 10 heteroatoms. The van der Waals surface area contributed by atoms with Crippen molar-refractivity contribution in [3.05, 3.63) is 69.8 Å². The molecular formula is C20H23N3O7. The molecule has 0 spiro atoms. The molecule has 10 nitrogen and oxygen atoms in total. The summed E-state index contributed by atoms with van der Waals surface area (Å²) in [7, 11) is 0. The Morgan fingerprint density at radius 1 is 1.23 bits per heavy atom. The second kappa shape index (κ2) is 9.92. The molecule has 3 rings (SSSR count). The van der Waals surface area contributed by atoms with E-state index in [0.29, 0.717) is 12.0 Å². The highest BCUT2D eigenvalue weighted by Gasteiger charge is 2.36. The first-order valence-corrected chi connectivity index (χ1v) is 9.06. The number of benzene rings is 2. The standard InChI is InChI=1S/C11H11NO3.C9H12N2O4/c1-7(13)12-9-5-3-2-4-8(9)6-10(12)11(14)15;10-8(5-12)9(13)6-1-3-7(4-2-6)11(14)15/h2-5,10H,6H2,1H3,(H,14,15);1-4,8-9,12-13H,5,10H2/t10-;8?,9-/m11/s1. The van der Waals surface area contributed by atoms with Crippen LogP contribution < -0.4 is 10.6 Å². The molecule has 0 radical (unpaired) electrons. The number of anilines is 1. The Bertz CT molecular complexity index is 917. The number of aliphatic hydroxyl groups excluding tert-OH is 2. The van der Waals surface area contributed by atoms with E-state index >= 15 is 0 Å². The highest BCUT2D eigenvalue weighted by Crippen LogP contribution is 2.32. The summed E-state index contributed by atoms with van der Waals surface area (Å²) in [5.41, 5.74) is 7.44. The number of amides is 1. The number of aliphatic carboxylic acids is 1. The fraction of sp³-hybridized carbons (Fsp3) is 0.300. The minimum atomic E-state index is -1.02. The number of aliphatic hydroxyl groups is 2. The van der Waals surface area contributed by atoms with Crippen LogP contribution in [0.4, 0.5) is 11.4 Å². The largest absolute Gasteiger partial charge is 0.480 e. The van der Waals surface area contributed by atoms with Gasteiger partial charge in [-0.15, -0.1) is 0 Å². The highest BCUT2D eigenvalue weighted by molar-refractivity contribution is 6.00. The zero-order valence-corrected chi connectivity index (χ0v) is 16.2. The summed E-state index contributed by atoms with van der Waals surface area (Å²) in [6.45, 7) is 1.04. The first kappa shape index (κ1) is 22.9. The van der Waals surface area contributed by atoms with Crippen LogP contribution in [0.1, 0.15) is 24.2 Å². The molecule has 160 valence electrons. The van der Waals surface area contributed by atoms with Crippen LogP contribution in [0, 0.1) is 10.1 Å². The predicted molar refractivity (Wildman–Crippen MR) is 108 cm³/mol. The van der Waals surface area contributed by atoms with Gasteiger partial charge in [0.1, 0.15) is 6.04 Å². The summed E-state index contributed by atoms with van der Waals surface area (Å²) in [5.74, 6) is -1.19. The molecule has 0 saturated heterocycles. The van der Waals surface area contributed by atoms with Crippen molar-refractivity contribution in [2.45, 2.75) is 31.5 Å². The molecule has 2 aromatic carbocycles. The van der Waals surface area contributed by atoms with Gasteiger partial charge in [0.2, 0.25) is 5.91 Å². The minimum Gasteiger partial charge on any atom is -0.480 e. The number of rotatable bonds is 5. The molecule has 1 amide bonds. The minimum absolute atomic E-state index is 0.0523. The molecule has 1 aliphatic rings. The number of carbonyl (C=O) groups excluding carboxylic acids is 1. The molecule has 0 saturated carbocycles. The molecule has 1 unspecified atom stereocenters. The number of carboxylic acids is 1. The van der Waals surface area contributed by atoms with Crippen LogP contribution in [0.25, 0.3) is 0 Å². The molecule has 0 bridgehead atoms. The number of nitrogens with zero attached hydrogens (tertiary/aromatic N) is 2. The summed E-state index contributed by atoms with van der Waals surface area (Å²) in [5, 5.41) is 37.6. The van der Waals surface area contributed by atoms with Crippen molar-refractivity contribution in [1.29, 1.82) is 0 Å². The maximum atomic E-state index is 11.4. The third-order valence-electron chi connectivity index (χ3n) is 4.66. The number of hydrogen-bond acceptors (Lipinski definition) is 7. The lowest BCUT2D eigenvalue weighted by molar-refractivity contribution is -0.384. The number of nitro groups is 1. The lowest BCUT2D eigenvalue weighted by atomic mass is 10.0. The molecule has 30 heavy (non-hydrogen) atoms. The third-order valence-corrected chi connectivity index (χ3v) is 4.66. The lowest BCUT2D eigenvalue weighted by Crippen LogP contribution is -2.41. The van der Waals surface area contributed by atoms with Crippen molar-refractivity contribution in [1.82, 2.24) is 0 Å². The SMILES string of the molecule is CC(=O)N1c2ccccc2C[C@@H]1C(=O)O.NC(CO)[C@H](O)c1ccc([N+](=O)[O-])cc1. The Labute approximate surface area is 172 Å². The predicted octanol–water partition coefficient (Wildman–Crippen LogP) is 0.997. The second-order valence-corrected chi connectivity index (χ2v) is 6.72. The van der Waals surface area contributed by atoms with Crippen LogP contribution in [-0.4, -0.2) is 50.8 Å². The number of nitro benzene ring substituents is 1. The zero-order valence-electron chi connectivity index (χ0n) is 16.2. The molecule has 1 heterocycles. The van der Waals surface area contributed by atoms with E-state index in [0.717, 1.165) is 11.3 Å². The average molecular weight is 417 g/mol. The van der Waals surface area contributed by atoms with Crippen LogP contribution in [0.15, 0.2) is 48.5 Å². The fourth-order valence-electron chi connectivity index (χ4n) is 3.11. The number of fused-ring (bicyclic) bond motifs is 1. The van der Waals surface area contributed by atoms with Gasteiger partial charge in [0.05, 0.1) is 23.7 Å². The fourth-order valence-corrected chi connectivity index (χ4v) is 3.11. The van der Waals surface area contributed by atoms with Gasteiger partial charge >= 0.3 is 5.97 Å². The lowest BCUT2D eigenvalue weighted by Gasteiger charge is -2.20. The second-order valence-electron chi connectivity index (χ2n) is 6.72. The summed E-state index contributed by atoms with van der Waals surface area (Å²) < 4.78 is 0. The van der Waals surface area contributed by atoms with Gasteiger partial charge < -0.3 is 21.1 Å². The molecule has 2 aromatic rings. The first-order valence-electron chi connectivity index (χ1n) is 9.06. The van der Waals surface area contributed by atoms with E-state index < -0.39 is 29.1 Å². The van der Waals surface area contributed by atoms with Gasteiger partial charge in [-0.2, -0.15) is 0 Å². The van der Waals surface area contributed by atoms with Crippen LogP contribution in [0.3, 0.4) is 0 Å². The van der Waals surface area contributed by atoms with E-state index in [1.165, 1.54) is 36.1 Å². The van der Waals surface area contributed by atoms with Crippen molar-refractivity contribution >= 4 is 23.3 Å². The van der Waals surface area contributed by atoms with Gasteiger partial charge in [-0.25, -0.2) is 4.79 Å². The van der Waals surface area contributed by atoms with Gasteiger partial charge in [-0.1, -0.05) is 18.2 Å². The van der Waals surface area contributed by atoms with E-state index in [1.54, 1.807) is 12.1 Å². The van der Waals surface area contributed by atoms with E-state index in [4.69, 9.17) is 15.9 Å². The number of carboxylic acid groups (broad SMARTS) is 1. The molecule has 5 N–H and O–H groups in total. The van der Waals surface area contributed by atoms with Gasteiger partial charge in [-0.3, -0.25) is 19.8 Å². The first-order chi connectivity index (χ1) is 14.2. The molecule has 3 atom stereocenters. The molecule has 1 aliphatic heterocycles. The van der Waals surface area contributed by atoms with Gasteiger partial charge in [0, 0.05) is 31.2 Å². The summed E-state index contributed by atoms with van der Waals surface area (Å²) >= 11 is 0. The summed E-state index contributed by atoms with van der Waals surface area (Å²) in [6, 6.07) is 11.1. The van der Waals surface area contributed by atoms with E-state index in [-0.39, 0.29) is 18.2 Å². The van der Waals surface area contributed by atoms with Crippen LogP contribution in [-0.2, 0) is 16.0 Å². The Hall–Kier alpha value is -3.34. The zero-order chi connectivity index (χ0) is 22.4. The average Bonchev–Trinajstić information content (AvgIpc) is 3.13. The van der Waals surface area contributed by atoms with E-state index in [1.807, 2.05) is 12.1 Å². The van der Waals surface area contributed by atoms with E-state index in [9.17, 15) is 24.8 Å². The molecule has 0 aliphatic carbocycles. The molecule has 0 fully saturated rings. The normalized spacial score (nSPS) is 16.7. The Morgan fingerprint density at radius 3 is 2.33 bits per heavy atom. The van der Waals surface area contributed by atoms with Crippen molar-refractivity contribution < 1.29 is 29.8 Å². The number of para-hydroxylation sites is 1. The highest BCUT2D eigenvalue weighted by atomic mass is 16.6. The quantitative estimate of drug-likeness (QED) is 0.413. The summed E-state index contributed by atoms with van der Waals surface area (Å²) in [6.07, 6.45) is -0.624. The maximum Gasteiger partial charge on any atom is 0.327 e. The van der Waals surface area contributed by atoms with Gasteiger partial charge in [0.25, 0.3) is 5.69 Å². The van der Waals surface area contributed by atoms with Gasteiger partial charge in [-0.05, 0) is 29.3 Å². The Kier molecular flexibility index (Phi) is 7.59. The topological polar surface area (TPSA) is 167 Å². The van der Waals surface area contributed by atoms with E-state index in [2.05, 4.69) is 0 Å². The van der Waals surface area contributed by atoms with Crippen molar-refractivity contribution in [2.75, 3.05) is 11.5 Å². The third kappa shape index (κ3) is 5.17. The smallest absolute Gasteiger partial charge is 0.327 e. The van der Waals surface area contributed by atoms with Crippen molar-refractivity contribution in [3.8, 4) is 0 Å². The molecular weight excluding hydrogens is 394 g/mol. The van der Waals surface area contributed by atoms with Crippen LogP contribution in [0.2, 0.25) is 0 Å². The number of nitrogens with two attached hydrogens (primary N) is 1. The van der Waals surface area contributed by atoms with Crippen molar-refractivity contribution in [2.24, 2.45) is 5.73 Å². The number of hydrogen-bond donors (Lipinski definition) is 4. The Balaban J connectivity index is 0.000000214. The van der Waals surface area contributed by atoms with Gasteiger partial charge in [0.15, 0.2) is 0 Å². The number of non-ortho nitro benzene ring substituents is 1. The van der Waals surface area contributed by atoms with Crippen molar-refractivity contribution in [3.63, 3.8) is 0 Å². The maximum absolute atomic E-state index is 11.4. The van der Waals surface area contributed by atoms with Crippen LogP contribution in [0.5, 0.6) is 0 Å². The molecule has 0 aromatic heterocycles. The monoisotopic (exact) mass is 417 g/mol. The van der Waals surface area contributed by atoms with Crippen LogP contribution >= 0.6 is 0 Å². The Morgan fingerprint density at radius 2 is 1.83 bits per heavy atom. The summed E-state index contributed by atoms with van der Waals surface area (Å²) in [4.78, 5) is 33.5. The number of carbonyl (C=O) groups is 2.